The first-order chi connectivity index (χ1) is 9.49. The highest BCUT2D eigenvalue weighted by Crippen LogP contribution is 2.40. The van der Waals surface area contributed by atoms with Crippen LogP contribution in [0.15, 0.2) is 29.2 Å². The van der Waals surface area contributed by atoms with Gasteiger partial charge in [0, 0.05) is 21.1 Å². The van der Waals surface area contributed by atoms with Gasteiger partial charge in [0.25, 0.3) is 11.8 Å². The van der Waals surface area contributed by atoms with Crippen LogP contribution >= 0.6 is 11.8 Å². The molecule has 0 aromatic heterocycles. The molecule has 2 amide bonds. The fourth-order valence-corrected chi connectivity index (χ4v) is 3.42. The van der Waals surface area contributed by atoms with Gasteiger partial charge in [-0.1, -0.05) is 26.0 Å². The average Bonchev–Trinajstić information content (AvgIpc) is 2.36. The highest BCUT2D eigenvalue weighted by Gasteiger charge is 2.28. The van der Waals surface area contributed by atoms with Crippen molar-refractivity contribution < 1.29 is 14.7 Å². The second-order valence-electron chi connectivity index (χ2n) is 4.95. The summed E-state index contributed by atoms with van der Waals surface area (Å²) >= 11 is 1.59. The molecule has 102 valence electrons. The summed E-state index contributed by atoms with van der Waals surface area (Å²) in [6, 6.07) is 6.93. The molecule has 0 saturated carbocycles. The standard InChI is InChI=1S/C15H13NO3S/c1-7(2)20-11-6-10(17)13-12-8(11)4-3-5-9(12)14(18)16-15(13)19/h3-7,17H,1-2H3,(H,16,18,19). The van der Waals surface area contributed by atoms with Crippen molar-refractivity contribution in [2.24, 2.45) is 0 Å². The summed E-state index contributed by atoms with van der Waals surface area (Å²) in [6.07, 6.45) is 0. The number of aromatic hydroxyl groups is 1. The summed E-state index contributed by atoms with van der Waals surface area (Å²) in [4.78, 5) is 24.7. The highest BCUT2D eigenvalue weighted by atomic mass is 32.2. The molecule has 3 rings (SSSR count). The lowest BCUT2D eigenvalue weighted by Gasteiger charge is -2.20. The Kier molecular flexibility index (Phi) is 2.94. The molecule has 0 spiro atoms. The third-order valence-electron chi connectivity index (χ3n) is 3.17. The largest absolute Gasteiger partial charge is 0.507 e. The molecule has 1 aliphatic rings. The first-order valence-corrected chi connectivity index (χ1v) is 7.18. The van der Waals surface area contributed by atoms with Gasteiger partial charge in [-0.05, 0) is 17.5 Å². The van der Waals surface area contributed by atoms with Gasteiger partial charge in [-0.15, -0.1) is 11.8 Å². The van der Waals surface area contributed by atoms with Crippen molar-refractivity contribution in [1.82, 2.24) is 5.32 Å². The van der Waals surface area contributed by atoms with Crippen LogP contribution in [0.4, 0.5) is 0 Å². The summed E-state index contributed by atoms with van der Waals surface area (Å²) in [7, 11) is 0. The van der Waals surface area contributed by atoms with Gasteiger partial charge in [0.05, 0.1) is 5.56 Å². The van der Waals surface area contributed by atoms with Crippen molar-refractivity contribution in [1.29, 1.82) is 0 Å². The lowest BCUT2D eigenvalue weighted by Crippen LogP contribution is -2.34. The van der Waals surface area contributed by atoms with E-state index in [1.54, 1.807) is 30.0 Å². The summed E-state index contributed by atoms with van der Waals surface area (Å²) in [6.45, 7) is 4.10. The molecule has 1 aliphatic heterocycles. The second kappa shape index (κ2) is 4.52. The number of nitrogens with one attached hydrogen (secondary N) is 1. The molecule has 4 nitrogen and oxygen atoms in total. The van der Waals surface area contributed by atoms with Crippen LogP contribution in [0.25, 0.3) is 10.8 Å². The van der Waals surface area contributed by atoms with Gasteiger partial charge in [0.2, 0.25) is 0 Å². The van der Waals surface area contributed by atoms with E-state index in [1.165, 1.54) is 0 Å². The summed E-state index contributed by atoms with van der Waals surface area (Å²) in [5.41, 5.74) is 0.613. The van der Waals surface area contributed by atoms with Crippen molar-refractivity contribution in [2.75, 3.05) is 0 Å². The Labute approximate surface area is 120 Å². The number of phenols is 1. The van der Waals surface area contributed by atoms with Crippen LogP contribution in [0.3, 0.4) is 0 Å². The zero-order valence-electron chi connectivity index (χ0n) is 11.1. The molecule has 5 heteroatoms. The Hall–Kier alpha value is -2.01. The number of amides is 2. The summed E-state index contributed by atoms with van der Waals surface area (Å²) in [5, 5.41) is 14.1. The molecule has 0 atom stereocenters. The Morgan fingerprint density at radius 1 is 1.20 bits per heavy atom. The molecule has 2 aromatic rings. The predicted octanol–water partition coefficient (Wildman–Crippen LogP) is 2.93. The maximum Gasteiger partial charge on any atom is 0.262 e. The number of hydrogen-bond acceptors (Lipinski definition) is 4. The topological polar surface area (TPSA) is 66.4 Å². The fraction of sp³-hybridized carbons (Fsp3) is 0.200. The first-order valence-electron chi connectivity index (χ1n) is 6.30. The molecular weight excluding hydrogens is 274 g/mol. The minimum Gasteiger partial charge on any atom is -0.507 e. The van der Waals surface area contributed by atoms with Gasteiger partial charge in [0.15, 0.2) is 0 Å². The smallest absolute Gasteiger partial charge is 0.262 e. The maximum absolute atomic E-state index is 11.9. The molecule has 1 heterocycles. The minimum absolute atomic E-state index is 0.0851. The normalized spacial score (nSPS) is 13.9. The van der Waals surface area contributed by atoms with Crippen molar-refractivity contribution in [2.45, 2.75) is 24.0 Å². The lowest BCUT2D eigenvalue weighted by molar-refractivity contribution is 0.0843. The number of imide groups is 1. The number of hydrogen-bond donors (Lipinski definition) is 2. The molecule has 0 fully saturated rings. The fourth-order valence-electron chi connectivity index (χ4n) is 2.43. The van der Waals surface area contributed by atoms with Gasteiger partial charge in [-0.2, -0.15) is 0 Å². The zero-order chi connectivity index (χ0) is 14.4. The van der Waals surface area contributed by atoms with Gasteiger partial charge >= 0.3 is 0 Å². The monoisotopic (exact) mass is 287 g/mol. The summed E-state index contributed by atoms with van der Waals surface area (Å²) < 4.78 is 0. The van der Waals surface area contributed by atoms with Crippen LogP contribution in [-0.4, -0.2) is 22.2 Å². The second-order valence-corrected chi connectivity index (χ2v) is 6.57. The Bertz CT molecular complexity index is 752. The number of carbonyl (C=O) groups is 2. The Morgan fingerprint density at radius 2 is 1.95 bits per heavy atom. The van der Waals surface area contributed by atoms with Gasteiger partial charge in [0.1, 0.15) is 5.75 Å². The van der Waals surface area contributed by atoms with E-state index in [1.807, 2.05) is 6.07 Å². The van der Waals surface area contributed by atoms with E-state index >= 15 is 0 Å². The van der Waals surface area contributed by atoms with Crippen LogP contribution < -0.4 is 5.32 Å². The first kappa shape index (κ1) is 13.0. The van der Waals surface area contributed by atoms with E-state index in [-0.39, 0.29) is 11.3 Å². The van der Waals surface area contributed by atoms with Crippen LogP contribution in [0.5, 0.6) is 5.75 Å². The lowest BCUT2D eigenvalue weighted by atomic mass is 9.94. The molecule has 0 bridgehead atoms. The molecule has 0 unspecified atom stereocenters. The average molecular weight is 287 g/mol. The van der Waals surface area contributed by atoms with Crippen LogP contribution in [0.2, 0.25) is 0 Å². The molecule has 0 aliphatic carbocycles. The van der Waals surface area contributed by atoms with Crippen molar-refractivity contribution in [3.63, 3.8) is 0 Å². The van der Waals surface area contributed by atoms with Gasteiger partial charge in [-0.3, -0.25) is 14.9 Å². The number of phenolic OH excluding ortho intramolecular Hbond substituents is 1. The van der Waals surface area contributed by atoms with E-state index in [4.69, 9.17) is 0 Å². The van der Waals surface area contributed by atoms with E-state index in [2.05, 4.69) is 19.2 Å². The maximum atomic E-state index is 11.9. The molecule has 2 aromatic carbocycles. The highest BCUT2D eigenvalue weighted by molar-refractivity contribution is 8.00. The minimum atomic E-state index is -0.544. The van der Waals surface area contributed by atoms with E-state index < -0.39 is 11.8 Å². The Morgan fingerprint density at radius 3 is 2.65 bits per heavy atom. The van der Waals surface area contributed by atoms with E-state index in [0.717, 1.165) is 10.3 Å². The van der Waals surface area contributed by atoms with Crippen molar-refractivity contribution in [3.05, 3.63) is 35.4 Å². The molecule has 20 heavy (non-hydrogen) atoms. The van der Waals surface area contributed by atoms with E-state index in [9.17, 15) is 14.7 Å². The third kappa shape index (κ3) is 1.86. The Balaban J connectivity index is 2.42. The number of benzene rings is 2. The summed E-state index contributed by atoms with van der Waals surface area (Å²) in [5.74, 6) is -1.05. The molecule has 0 saturated heterocycles. The number of thioether (sulfide) groups is 1. The van der Waals surface area contributed by atoms with Crippen LogP contribution in [0.1, 0.15) is 34.6 Å². The number of rotatable bonds is 2. The van der Waals surface area contributed by atoms with Gasteiger partial charge in [-0.25, -0.2) is 0 Å². The molecule has 0 radical (unpaired) electrons. The van der Waals surface area contributed by atoms with Crippen LogP contribution in [-0.2, 0) is 0 Å². The van der Waals surface area contributed by atoms with Crippen molar-refractivity contribution >= 4 is 34.3 Å². The SMILES string of the molecule is CC(C)Sc1cc(O)c2c3c(cccc13)C(=O)NC2=O. The van der Waals surface area contributed by atoms with Crippen LogP contribution in [0, 0.1) is 0 Å². The zero-order valence-corrected chi connectivity index (χ0v) is 11.9. The third-order valence-corrected chi connectivity index (χ3v) is 4.23. The quantitative estimate of drug-likeness (QED) is 0.658. The predicted molar refractivity (Wildman–Crippen MR) is 78.4 cm³/mol. The molecular formula is C15H13NO3S. The number of carbonyl (C=O) groups excluding carboxylic acids is 2. The van der Waals surface area contributed by atoms with Gasteiger partial charge < -0.3 is 5.11 Å². The van der Waals surface area contributed by atoms with E-state index in [0.29, 0.717) is 16.2 Å². The molecule has 2 N–H and O–H groups in total. The van der Waals surface area contributed by atoms with Crippen molar-refractivity contribution in [3.8, 4) is 5.75 Å².